The zero-order valence-corrected chi connectivity index (χ0v) is 12.6. The summed E-state index contributed by atoms with van der Waals surface area (Å²) >= 11 is 0. The molecule has 1 aliphatic carbocycles. The fraction of sp³-hybridized carbons (Fsp3) is 0.471. The molecule has 4 heteroatoms. The van der Waals surface area contributed by atoms with E-state index in [1.807, 2.05) is 37.3 Å². The van der Waals surface area contributed by atoms with E-state index in [0.717, 1.165) is 29.6 Å². The molecule has 0 bridgehead atoms. The molecule has 0 saturated heterocycles. The summed E-state index contributed by atoms with van der Waals surface area (Å²) in [5, 5.41) is 4.51. The zero-order chi connectivity index (χ0) is 14.7. The maximum atomic E-state index is 6.20. The monoisotopic (exact) mass is 286 g/mol. The van der Waals surface area contributed by atoms with Crippen molar-refractivity contribution in [3.63, 3.8) is 0 Å². The number of hydrogen-bond donors (Lipinski definition) is 1. The summed E-state index contributed by atoms with van der Waals surface area (Å²) in [7, 11) is 0. The molecule has 1 fully saturated rings. The quantitative estimate of drug-likeness (QED) is 0.887. The molecule has 3 unspecified atom stereocenters. The SMILES string of the molecule is CCNC1CC(Oc2cccc3ncccc23)C1OCC. The first-order valence-corrected chi connectivity index (χ1v) is 7.68. The van der Waals surface area contributed by atoms with Crippen LogP contribution in [0.15, 0.2) is 36.5 Å². The molecule has 112 valence electrons. The Balaban J connectivity index is 1.76. The summed E-state index contributed by atoms with van der Waals surface area (Å²) in [4.78, 5) is 4.37. The molecule has 2 aromatic rings. The van der Waals surface area contributed by atoms with Crippen molar-refractivity contribution in [2.75, 3.05) is 13.2 Å². The number of pyridine rings is 1. The average molecular weight is 286 g/mol. The van der Waals surface area contributed by atoms with E-state index < -0.39 is 0 Å². The van der Waals surface area contributed by atoms with Crippen LogP contribution in [-0.2, 0) is 4.74 Å². The van der Waals surface area contributed by atoms with E-state index in [2.05, 4.69) is 17.2 Å². The van der Waals surface area contributed by atoms with Gasteiger partial charge in [0, 0.05) is 30.7 Å². The first kappa shape index (κ1) is 14.3. The molecule has 0 radical (unpaired) electrons. The molecule has 0 spiro atoms. The Morgan fingerprint density at radius 3 is 2.95 bits per heavy atom. The van der Waals surface area contributed by atoms with Crippen LogP contribution in [0.5, 0.6) is 5.75 Å². The fourth-order valence-corrected chi connectivity index (χ4v) is 2.92. The van der Waals surface area contributed by atoms with Crippen molar-refractivity contribution in [1.82, 2.24) is 10.3 Å². The maximum absolute atomic E-state index is 6.20. The molecule has 1 aromatic carbocycles. The van der Waals surface area contributed by atoms with Gasteiger partial charge in [-0.05, 0) is 37.7 Å². The summed E-state index contributed by atoms with van der Waals surface area (Å²) < 4.78 is 12.0. The Hall–Kier alpha value is -1.65. The zero-order valence-electron chi connectivity index (χ0n) is 12.6. The van der Waals surface area contributed by atoms with Crippen molar-refractivity contribution in [3.8, 4) is 5.75 Å². The third-order valence-corrected chi connectivity index (χ3v) is 3.96. The van der Waals surface area contributed by atoms with Gasteiger partial charge in [0.15, 0.2) is 0 Å². The number of ether oxygens (including phenoxy) is 2. The molecule has 1 heterocycles. The van der Waals surface area contributed by atoms with Crippen LogP contribution in [0.3, 0.4) is 0 Å². The van der Waals surface area contributed by atoms with Crippen LogP contribution in [0.1, 0.15) is 20.3 Å². The van der Waals surface area contributed by atoms with E-state index in [4.69, 9.17) is 9.47 Å². The molecule has 21 heavy (non-hydrogen) atoms. The van der Waals surface area contributed by atoms with Crippen molar-refractivity contribution in [2.24, 2.45) is 0 Å². The molecule has 1 aliphatic rings. The minimum absolute atomic E-state index is 0.111. The summed E-state index contributed by atoms with van der Waals surface area (Å²) in [6.07, 6.45) is 3.02. The highest BCUT2D eigenvalue weighted by Gasteiger charge is 2.43. The lowest BCUT2D eigenvalue weighted by molar-refractivity contribution is -0.103. The van der Waals surface area contributed by atoms with Gasteiger partial charge in [0.1, 0.15) is 18.0 Å². The molecule has 4 nitrogen and oxygen atoms in total. The van der Waals surface area contributed by atoms with E-state index in [1.54, 1.807) is 6.20 Å². The third-order valence-electron chi connectivity index (χ3n) is 3.96. The number of fused-ring (bicyclic) bond motifs is 1. The predicted molar refractivity (Wildman–Crippen MR) is 83.7 cm³/mol. The molecule has 1 N–H and O–H groups in total. The van der Waals surface area contributed by atoms with Crippen LogP contribution >= 0.6 is 0 Å². The second kappa shape index (κ2) is 6.41. The van der Waals surface area contributed by atoms with E-state index in [1.165, 1.54) is 0 Å². The Bertz CT molecular complexity index is 597. The third kappa shape index (κ3) is 2.87. The molecule has 0 amide bonds. The van der Waals surface area contributed by atoms with Gasteiger partial charge in [-0.25, -0.2) is 0 Å². The number of hydrogen-bond acceptors (Lipinski definition) is 4. The van der Waals surface area contributed by atoms with E-state index in [0.29, 0.717) is 12.6 Å². The second-order valence-corrected chi connectivity index (χ2v) is 5.30. The highest BCUT2D eigenvalue weighted by Crippen LogP contribution is 2.32. The van der Waals surface area contributed by atoms with Crippen LogP contribution in [0.2, 0.25) is 0 Å². The minimum atomic E-state index is 0.111. The molecule has 3 rings (SSSR count). The first-order valence-electron chi connectivity index (χ1n) is 7.68. The van der Waals surface area contributed by atoms with Crippen molar-refractivity contribution in [2.45, 2.75) is 38.5 Å². The Morgan fingerprint density at radius 2 is 2.14 bits per heavy atom. The highest BCUT2D eigenvalue weighted by atomic mass is 16.5. The lowest BCUT2D eigenvalue weighted by atomic mass is 9.85. The number of aromatic nitrogens is 1. The second-order valence-electron chi connectivity index (χ2n) is 5.30. The first-order chi connectivity index (χ1) is 10.3. The summed E-state index contributed by atoms with van der Waals surface area (Å²) in [5.41, 5.74) is 0.963. The van der Waals surface area contributed by atoms with Crippen LogP contribution in [-0.4, -0.2) is 36.4 Å². The van der Waals surface area contributed by atoms with E-state index >= 15 is 0 Å². The van der Waals surface area contributed by atoms with Crippen molar-refractivity contribution in [3.05, 3.63) is 36.5 Å². The van der Waals surface area contributed by atoms with Gasteiger partial charge in [-0.1, -0.05) is 13.0 Å². The molecule has 1 saturated carbocycles. The Kier molecular flexibility index (Phi) is 4.36. The molecular weight excluding hydrogens is 264 g/mol. The minimum Gasteiger partial charge on any atom is -0.487 e. The topological polar surface area (TPSA) is 43.4 Å². The predicted octanol–water partition coefficient (Wildman–Crippen LogP) is 2.77. The number of benzene rings is 1. The van der Waals surface area contributed by atoms with Gasteiger partial charge in [-0.3, -0.25) is 4.98 Å². The number of likely N-dealkylation sites (N-methyl/N-ethyl adjacent to an activating group) is 1. The van der Waals surface area contributed by atoms with Crippen molar-refractivity contribution < 1.29 is 9.47 Å². The van der Waals surface area contributed by atoms with Gasteiger partial charge in [0.2, 0.25) is 0 Å². The molecule has 0 aliphatic heterocycles. The van der Waals surface area contributed by atoms with Gasteiger partial charge >= 0.3 is 0 Å². The van der Waals surface area contributed by atoms with Crippen LogP contribution in [0.25, 0.3) is 10.9 Å². The van der Waals surface area contributed by atoms with Crippen molar-refractivity contribution in [1.29, 1.82) is 0 Å². The van der Waals surface area contributed by atoms with E-state index in [-0.39, 0.29) is 12.2 Å². The summed E-state index contributed by atoms with van der Waals surface area (Å²) in [5.74, 6) is 0.894. The van der Waals surface area contributed by atoms with Crippen molar-refractivity contribution >= 4 is 10.9 Å². The summed E-state index contributed by atoms with van der Waals surface area (Å²) in [6, 6.07) is 10.4. The van der Waals surface area contributed by atoms with Gasteiger partial charge < -0.3 is 14.8 Å². The largest absolute Gasteiger partial charge is 0.487 e. The normalized spacial score (nSPS) is 24.8. The van der Waals surface area contributed by atoms with Gasteiger partial charge in [-0.2, -0.15) is 0 Å². The number of nitrogens with one attached hydrogen (secondary N) is 1. The lowest BCUT2D eigenvalue weighted by Crippen LogP contribution is -2.61. The smallest absolute Gasteiger partial charge is 0.129 e. The van der Waals surface area contributed by atoms with Gasteiger partial charge in [-0.15, -0.1) is 0 Å². The molecular formula is C17H22N2O2. The molecule has 3 atom stereocenters. The maximum Gasteiger partial charge on any atom is 0.129 e. The van der Waals surface area contributed by atoms with E-state index in [9.17, 15) is 0 Å². The van der Waals surface area contributed by atoms with Gasteiger partial charge in [0.25, 0.3) is 0 Å². The van der Waals surface area contributed by atoms with Crippen LogP contribution in [0, 0.1) is 0 Å². The standard InChI is InChI=1S/C17H22N2O2/c1-3-18-14-11-16(17(14)20-4-2)21-15-9-5-8-13-12(15)7-6-10-19-13/h5-10,14,16-18H,3-4,11H2,1-2H3. The fourth-order valence-electron chi connectivity index (χ4n) is 2.92. The Labute approximate surface area is 125 Å². The molecule has 1 aromatic heterocycles. The van der Waals surface area contributed by atoms with Gasteiger partial charge in [0.05, 0.1) is 5.52 Å². The average Bonchev–Trinajstić information content (AvgIpc) is 2.52. The highest BCUT2D eigenvalue weighted by molar-refractivity contribution is 5.84. The Morgan fingerprint density at radius 1 is 1.24 bits per heavy atom. The summed E-state index contributed by atoms with van der Waals surface area (Å²) in [6.45, 7) is 5.82. The number of nitrogens with zero attached hydrogens (tertiary/aromatic N) is 1. The van der Waals surface area contributed by atoms with Crippen LogP contribution < -0.4 is 10.1 Å². The van der Waals surface area contributed by atoms with Crippen LogP contribution in [0.4, 0.5) is 0 Å². The lowest BCUT2D eigenvalue weighted by Gasteiger charge is -2.44. The number of rotatable bonds is 6.